The van der Waals surface area contributed by atoms with Crippen molar-refractivity contribution in [1.29, 1.82) is 0 Å². The van der Waals surface area contributed by atoms with E-state index in [2.05, 4.69) is 25.8 Å². The molecule has 1 aliphatic heterocycles. The van der Waals surface area contributed by atoms with E-state index in [0.717, 1.165) is 5.56 Å². The van der Waals surface area contributed by atoms with E-state index in [1.54, 1.807) is 29.2 Å². The fourth-order valence-electron chi connectivity index (χ4n) is 4.58. The van der Waals surface area contributed by atoms with Gasteiger partial charge in [0, 0.05) is 18.7 Å². The molecule has 0 spiro atoms. The number of carbonyl (C=O) groups is 2. The van der Waals surface area contributed by atoms with Crippen LogP contribution in [0.25, 0.3) is 11.0 Å². The molecule has 4 aromatic rings. The van der Waals surface area contributed by atoms with Crippen LogP contribution in [0.4, 0.5) is 0 Å². The van der Waals surface area contributed by atoms with Gasteiger partial charge in [-0.15, -0.1) is 5.10 Å². The summed E-state index contributed by atoms with van der Waals surface area (Å²) in [6.45, 7) is 0.917. The first-order valence-electron chi connectivity index (χ1n) is 11.8. The molecule has 36 heavy (non-hydrogen) atoms. The standard InChI is InChI=1S/C25H25N7O4/c33-20(15-19(16-7-3-1-4-8-16)26-23(34)17-9-5-2-6-10-17)31-13-11-18(12-14-31)32-22-21(27-30-32)24(35)28-29-25(22)36/h1-10,18-19H,11-15H2,(H,26,34)(H,28,35)(H,29,36)/t19-/m0/s1. The summed E-state index contributed by atoms with van der Waals surface area (Å²) in [6.07, 6.45) is 1.24. The normalized spacial score (nSPS) is 15.1. The number of piperidine rings is 1. The molecule has 5 rings (SSSR count). The molecular formula is C25H25N7O4. The van der Waals surface area contributed by atoms with Crippen molar-refractivity contribution in [3.05, 3.63) is 92.5 Å². The molecule has 0 unspecified atom stereocenters. The fourth-order valence-corrected chi connectivity index (χ4v) is 4.58. The molecule has 2 aromatic carbocycles. The van der Waals surface area contributed by atoms with Gasteiger partial charge in [-0.05, 0) is 30.5 Å². The fraction of sp³-hybridized carbons (Fsp3) is 0.280. The van der Waals surface area contributed by atoms with Crippen molar-refractivity contribution < 1.29 is 9.59 Å². The molecule has 0 bridgehead atoms. The molecule has 0 radical (unpaired) electrons. The molecule has 3 N–H and O–H groups in total. The van der Waals surface area contributed by atoms with Gasteiger partial charge in [-0.25, -0.2) is 4.68 Å². The highest BCUT2D eigenvalue weighted by atomic mass is 16.2. The Balaban J connectivity index is 1.27. The molecule has 1 fully saturated rings. The van der Waals surface area contributed by atoms with E-state index in [1.807, 2.05) is 36.4 Å². The van der Waals surface area contributed by atoms with E-state index < -0.39 is 17.2 Å². The lowest BCUT2D eigenvalue weighted by molar-refractivity contribution is -0.133. The second-order valence-corrected chi connectivity index (χ2v) is 8.76. The number of H-pyrrole nitrogens is 2. The van der Waals surface area contributed by atoms with Gasteiger partial charge in [0.1, 0.15) is 0 Å². The predicted molar refractivity (Wildman–Crippen MR) is 131 cm³/mol. The van der Waals surface area contributed by atoms with Crippen molar-refractivity contribution >= 4 is 22.8 Å². The number of aromatic nitrogens is 5. The second-order valence-electron chi connectivity index (χ2n) is 8.76. The third-order valence-electron chi connectivity index (χ3n) is 6.50. The van der Waals surface area contributed by atoms with Crippen molar-refractivity contribution in [2.24, 2.45) is 0 Å². The Hall–Kier alpha value is -4.54. The molecule has 1 aliphatic rings. The van der Waals surface area contributed by atoms with Crippen molar-refractivity contribution in [2.45, 2.75) is 31.3 Å². The van der Waals surface area contributed by atoms with Crippen LogP contribution in [0.1, 0.15) is 47.3 Å². The van der Waals surface area contributed by atoms with Crippen LogP contribution in [0.3, 0.4) is 0 Å². The van der Waals surface area contributed by atoms with Crippen molar-refractivity contribution in [3.8, 4) is 0 Å². The Kier molecular flexibility index (Phi) is 6.44. The molecule has 0 saturated carbocycles. The number of nitrogens with one attached hydrogen (secondary N) is 3. The maximum atomic E-state index is 13.2. The Bertz CT molecular complexity index is 1490. The van der Waals surface area contributed by atoms with Crippen molar-refractivity contribution in [1.82, 2.24) is 35.4 Å². The second kappa shape index (κ2) is 9.98. The van der Waals surface area contributed by atoms with Crippen LogP contribution in [0.5, 0.6) is 0 Å². The highest BCUT2D eigenvalue weighted by Gasteiger charge is 2.29. The molecular weight excluding hydrogens is 462 g/mol. The van der Waals surface area contributed by atoms with Gasteiger partial charge >= 0.3 is 0 Å². The molecule has 2 aromatic heterocycles. The van der Waals surface area contributed by atoms with Gasteiger partial charge in [0.2, 0.25) is 5.91 Å². The van der Waals surface area contributed by atoms with Crippen LogP contribution in [0.15, 0.2) is 70.3 Å². The summed E-state index contributed by atoms with van der Waals surface area (Å²) in [5.41, 5.74) is 0.540. The Morgan fingerprint density at radius 1 is 0.944 bits per heavy atom. The van der Waals surface area contributed by atoms with E-state index in [4.69, 9.17) is 0 Å². The Morgan fingerprint density at radius 3 is 2.28 bits per heavy atom. The number of likely N-dealkylation sites (tertiary alicyclic amines) is 1. The number of benzene rings is 2. The molecule has 184 valence electrons. The van der Waals surface area contributed by atoms with E-state index in [9.17, 15) is 19.2 Å². The van der Waals surface area contributed by atoms with Gasteiger partial charge in [-0.1, -0.05) is 53.7 Å². The number of amides is 2. The minimum atomic E-state index is -0.507. The lowest BCUT2D eigenvalue weighted by atomic mass is 10.00. The summed E-state index contributed by atoms with van der Waals surface area (Å²) in [6, 6.07) is 17.7. The monoisotopic (exact) mass is 487 g/mol. The number of fused-ring (bicyclic) bond motifs is 1. The van der Waals surface area contributed by atoms with Crippen molar-refractivity contribution in [2.75, 3.05) is 13.1 Å². The first-order chi connectivity index (χ1) is 17.5. The zero-order valence-electron chi connectivity index (χ0n) is 19.4. The molecule has 3 heterocycles. The highest BCUT2D eigenvalue weighted by Crippen LogP contribution is 2.25. The van der Waals surface area contributed by atoms with E-state index in [1.165, 1.54) is 4.68 Å². The summed E-state index contributed by atoms with van der Waals surface area (Å²) >= 11 is 0. The van der Waals surface area contributed by atoms with Gasteiger partial charge in [0.05, 0.1) is 18.5 Å². The smallest absolute Gasteiger partial charge is 0.292 e. The van der Waals surface area contributed by atoms with E-state index in [-0.39, 0.29) is 35.3 Å². The zero-order chi connectivity index (χ0) is 25.1. The lowest BCUT2D eigenvalue weighted by Crippen LogP contribution is -2.41. The topological polar surface area (TPSA) is 146 Å². The summed E-state index contributed by atoms with van der Waals surface area (Å²) in [7, 11) is 0. The number of nitrogens with zero attached hydrogens (tertiary/aromatic N) is 4. The van der Waals surface area contributed by atoms with Crippen LogP contribution in [0.2, 0.25) is 0 Å². The SMILES string of the molecule is O=C(N[C@@H](CC(=O)N1CCC(n2nnc3c(=O)[nH][nH]c(=O)c32)CC1)c1ccccc1)c1ccccc1. The first-order valence-corrected chi connectivity index (χ1v) is 11.8. The third-order valence-corrected chi connectivity index (χ3v) is 6.50. The maximum absolute atomic E-state index is 13.2. The van der Waals surface area contributed by atoms with Crippen LogP contribution in [-0.4, -0.2) is 55.0 Å². The molecule has 0 aliphatic carbocycles. The quantitative estimate of drug-likeness (QED) is 0.376. The largest absolute Gasteiger partial charge is 0.345 e. The van der Waals surface area contributed by atoms with Gasteiger partial charge < -0.3 is 10.2 Å². The summed E-state index contributed by atoms with van der Waals surface area (Å²) in [4.78, 5) is 52.0. The molecule has 1 atom stereocenters. The summed E-state index contributed by atoms with van der Waals surface area (Å²) in [5.74, 6) is -0.317. The Morgan fingerprint density at radius 2 is 1.58 bits per heavy atom. The molecule has 11 nitrogen and oxygen atoms in total. The van der Waals surface area contributed by atoms with Gasteiger partial charge in [0.25, 0.3) is 17.0 Å². The first kappa shape index (κ1) is 23.2. The van der Waals surface area contributed by atoms with E-state index in [0.29, 0.717) is 31.5 Å². The number of rotatable bonds is 6. The predicted octanol–water partition coefficient (Wildman–Crippen LogP) is 1.53. The average Bonchev–Trinajstić information content (AvgIpc) is 3.38. The van der Waals surface area contributed by atoms with Gasteiger partial charge in [-0.3, -0.25) is 29.4 Å². The van der Waals surface area contributed by atoms with Crippen LogP contribution >= 0.6 is 0 Å². The van der Waals surface area contributed by atoms with Gasteiger partial charge in [0.15, 0.2) is 11.0 Å². The minimum Gasteiger partial charge on any atom is -0.345 e. The maximum Gasteiger partial charge on any atom is 0.292 e. The third kappa shape index (κ3) is 4.67. The van der Waals surface area contributed by atoms with Gasteiger partial charge in [-0.2, -0.15) is 0 Å². The highest BCUT2D eigenvalue weighted by molar-refractivity contribution is 5.94. The molecule has 2 amide bonds. The number of carbonyl (C=O) groups excluding carboxylic acids is 2. The van der Waals surface area contributed by atoms with Crippen LogP contribution < -0.4 is 16.4 Å². The van der Waals surface area contributed by atoms with Crippen LogP contribution in [0, 0.1) is 0 Å². The number of aromatic amines is 2. The Labute approximate surface area is 205 Å². The zero-order valence-corrected chi connectivity index (χ0v) is 19.4. The summed E-state index contributed by atoms with van der Waals surface area (Å²) in [5, 5.41) is 15.5. The number of hydrogen-bond donors (Lipinski definition) is 3. The lowest BCUT2D eigenvalue weighted by Gasteiger charge is -2.33. The van der Waals surface area contributed by atoms with Crippen molar-refractivity contribution in [3.63, 3.8) is 0 Å². The molecule has 11 heteroatoms. The number of hydrogen-bond acceptors (Lipinski definition) is 6. The average molecular weight is 488 g/mol. The van der Waals surface area contributed by atoms with Crippen LogP contribution in [-0.2, 0) is 4.79 Å². The molecule has 1 saturated heterocycles. The van der Waals surface area contributed by atoms with E-state index >= 15 is 0 Å². The summed E-state index contributed by atoms with van der Waals surface area (Å²) < 4.78 is 1.48. The minimum absolute atomic E-state index is 0.00267.